The van der Waals surface area contributed by atoms with Crippen molar-refractivity contribution in [2.24, 2.45) is 0 Å². The zero-order valence-corrected chi connectivity index (χ0v) is 17.3. The van der Waals surface area contributed by atoms with Crippen LogP contribution in [0.4, 0.5) is 11.6 Å². The summed E-state index contributed by atoms with van der Waals surface area (Å²) >= 11 is 0. The Balaban J connectivity index is 1.29. The van der Waals surface area contributed by atoms with Crippen LogP contribution in [0.25, 0.3) is 11.0 Å². The van der Waals surface area contributed by atoms with Gasteiger partial charge in [0.25, 0.3) is 5.91 Å². The summed E-state index contributed by atoms with van der Waals surface area (Å²) in [5.41, 5.74) is 2.16. The zero-order chi connectivity index (χ0) is 20.7. The third kappa shape index (κ3) is 3.55. The Labute approximate surface area is 175 Å². The number of carbonyl (C=O) groups excluding carboxylic acids is 1. The van der Waals surface area contributed by atoms with Crippen LogP contribution in [0.2, 0.25) is 0 Å². The lowest BCUT2D eigenvalue weighted by molar-refractivity contribution is 0.0712. The molecule has 0 unspecified atom stereocenters. The topological polar surface area (TPSA) is 94.1 Å². The number of amides is 1. The van der Waals surface area contributed by atoms with Crippen LogP contribution in [0.5, 0.6) is 0 Å². The molecule has 0 spiro atoms. The predicted octanol–water partition coefficient (Wildman–Crippen LogP) is 2.09. The summed E-state index contributed by atoms with van der Waals surface area (Å²) in [7, 11) is 3.99. The molecule has 156 valence electrons. The molecule has 1 N–H and O–H groups in total. The van der Waals surface area contributed by atoms with Crippen molar-refractivity contribution in [2.45, 2.75) is 37.8 Å². The van der Waals surface area contributed by atoms with E-state index >= 15 is 0 Å². The molecule has 0 bridgehead atoms. The van der Waals surface area contributed by atoms with E-state index in [4.69, 9.17) is 0 Å². The highest BCUT2D eigenvalue weighted by molar-refractivity contribution is 5.97. The normalized spacial score (nSPS) is 17.3. The van der Waals surface area contributed by atoms with E-state index in [1.165, 1.54) is 12.8 Å². The SMILES string of the molecule is CN(C)c1cc(N(C2CC2)C2CCN(C(=O)c3ccc4n[nH]nc4c3)CC2)ncn1. The summed E-state index contributed by atoms with van der Waals surface area (Å²) in [6.45, 7) is 1.49. The molecule has 1 aliphatic heterocycles. The van der Waals surface area contributed by atoms with E-state index in [0.717, 1.165) is 48.6 Å². The summed E-state index contributed by atoms with van der Waals surface area (Å²) in [5.74, 6) is 1.98. The number of benzene rings is 1. The molecule has 1 amide bonds. The lowest BCUT2D eigenvalue weighted by Crippen LogP contribution is -2.48. The van der Waals surface area contributed by atoms with Crippen LogP contribution in [0.15, 0.2) is 30.6 Å². The Hall–Kier alpha value is -3.23. The predicted molar refractivity (Wildman–Crippen MR) is 115 cm³/mol. The molecule has 30 heavy (non-hydrogen) atoms. The third-order valence-electron chi connectivity index (χ3n) is 6.01. The second-order valence-corrected chi connectivity index (χ2v) is 8.32. The Morgan fingerprint density at radius 3 is 2.40 bits per heavy atom. The minimum atomic E-state index is 0.0632. The fourth-order valence-electron chi connectivity index (χ4n) is 4.25. The van der Waals surface area contributed by atoms with E-state index in [2.05, 4.69) is 36.3 Å². The highest BCUT2D eigenvalue weighted by atomic mass is 16.2. The van der Waals surface area contributed by atoms with Crippen molar-refractivity contribution in [3.05, 3.63) is 36.2 Å². The van der Waals surface area contributed by atoms with Gasteiger partial charge in [-0.3, -0.25) is 4.79 Å². The van der Waals surface area contributed by atoms with Gasteiger partial charge in [-0.15, -0.1) is 0 Å². The molecule has 9 heteroatoms. The van der Waals surface area contributed by atoms with Gasteiger partial charge in [-0.2, -0.15) is 15.4 Å². The number of aromatic amines is 1. The average molecular weight is 406 g/mol. The molecular formula is C21H26N8O. The number of hydrogen-bond donors (Lipinski definition) is 1. The molecule has 3 aromatic rings. The van der Waals surface area contributed by atoms with Crippen LogP contribution >= 0.6 is 0 Å². The monoisotopic (exact) mass is 406 g/mol. The van der Waals surface area contributed by atoms with Gasteiger partial charge >= 0.3 is 0 Å². The van der Waals surface area contributed by atoms with Crippen LogP contribution < -0.4 is 9.80 Å². The van der Waals surface area contributed by atoms with Gasteiger partial charge in [-0.05, 0) is 43.9 Å². The van der Waals surface area contributed by atoms with Crippen molar-refractivity contribution in [1.29, 1.82) is 0 Å². The maximum Gasteiger partial charge on any atom is 0.253 e. The minimum absolute atomic E-state index is 0.0632. The molecule has 9 nitrogen and oxygen atoms in total. The summed E-state index contributed by atoms with van der Waals surface area (Å²) in [5, 5.41) is 10.7. The van der Waals surface area contributed by atoms with E-state index in [1.54, 1.807) is 6.33 Å². The Bertz CT molecular complexity index is 1050. The van der Waals surface area contributed by atoms with Crippen molar-refractivity contribution in [3.63, 3.8) is 0 Å². The molecular weight excluding hydrogens is 380 g/mol. The maximum atomic E-state index is 13.0. The summed E-state index contributed by atoms with van der Waals surface area (Å²) in [6.07, 6.45) is 5.94. The Morgan fingerprint density at radius 2 is 1.67 bits per heavy atom. The molecule has 2 fully saturated rings. The van der Waals surface area contributed by atoms with Crippen LogP contribution in [-0.4, -0.2) is 75.5 Å². The number of rotatable bonds is 5. The van der Waals surface area contributed by atoms with Crippen molar-refractivity contribution in [3.8, 4) is 0 Å². The van der Waals surface area contributed by atoms with Gasteiger partial charge in [0.05, 0.1) is 0 Å². The molecule has 1 saturated carbocycles. The lowest BCUT2D eigenvalue weighted by atomic mass is 10.0. The summed E-state index contributed by atoms with van der Waals surface area (Å²) in [6, 6.07) is 8.50. The first-order chi connectivity index (χ1) is 14.6. The average Bonchev–Trinajstić information content (AvgIpc) is 3.49. The largest absolute Gasteiger partial charge is 0.363 e. The molecule has 0 radical (unpaired) electrons. The van der Waals surface area contributed by atoms with E-state index in [-0.39, 0.29) is 5.91 Å². The maximum absolute atomic E-state index is 13.0. The number of nitrogens with one attached hydrogen (secondary N) is 1. The van der Waals surface area contributed by atoms with Crippen LogP contribution in [0.3, 0.4) is 0 Å². The number of likely N-dealkylation sites (tertiary alicyclic amines) is 1. The molecule has 3 heterocycles. The highest BCUT2D eigenvalue weighted by Crippen LogP contribution is 2.36. The standard InChI is InChI=1S/C21H26N8O/c1-27(2)19-12-20(23-13-22-19)29(15-4-5-15)16-7-9-28(10-8-16)21(30)14-3-6-17-18(11-14)25-26-24-17/h3,6,11-13,15-16H,4-5,7-10H2,1-2H3,(H,24,25,26). The molecule has 1 aromatic carbocycles. The number of anilines is 2. The van der Waals surface area contributed by atoms with Crippen molar-refractivity contribution < 1.29 is 4.79 Å². The van der Waals surface area contributed by atoms with Gasteiger partial charge < -0.3 is 14.7 Å². The van der Waals surface area contributed by atoms with Gasteiger partial charge in [-0.25, -0.2) is 9.97 Å². The number of hydrogen-bond acceptors (Lipinski definition) is 7. The van der Waals surface area contributed by atoms with Crippen LogP contribution in [0, 0.1) is 0 Å². The summed E-state index contributed by atoms with van der Waals surface area (Å²) < 4.78 is 0. The van der Waals surface area contributed by atoms with E-state index < -0.39 is 0 Å². The van der Waals surface area contributed by atoms with Crippen LogP contribution in [-0.2, 0) is 0 Å². The first-order valence-electron chi connectivity index (χ1n) is 10.5. The molecule has 2 aromatic heterocycles. The first kappa shape index (κ1) is 18.8. The van der Waals surface area contributed by atoms with Gasteiger partial charge in [-0.1, -0.05) is 0 Å². The van der Waals surface area contributed by atoms with Crippen molar-refractivity contribution in [2.75, 3.05) is 37.0 Å². The van der Waals surface area contributed by atoms with Crippen molar-refractivity contribution in [1.82, 2.24) is 30.3 Å². The number of carbonyl (C=O) groups is 1. The van der Waals surface area contributed by atoms with E-state index in [1.807, 2.05) is 42.1 Å². The second-order valence-electron chi connectivity index (χ2n) is 8.32. The lowest BCUT2D eigenvalue weighted by Gasteiger charge is -2.39. The molecule has 1 aliphatic carbocycles. The number of aromatic nitrogens is 5. The highest BCUT2D eigenvalue weighted by Gasteiger charge is 2.37. The number of H-pyrrole nitrogens is 1. The molecule has 5 rings (SSSR count). The molecule has 2 aliphatic rings. The Morgan fingerprint density at radius 1 is 0.967 bits per heavy atom. The van der Waals surface area contributed by atoms with Gasteiger partial charge in [0.15, 0.2) is 0 Å². The first-order valence-corrected chi connectivity index (χ1v) is 10.5. The number of piperidine rings is 1. The van der Waals surface area contributed by atoms with Crippen molar-refractivity contribution >= 4 is 28.6 Å². The fraction of sp³-hybridized carbons (Fsp3) is 0.476. The third-order valence-corrected chi connectivity index (χ3v) is 6.01. The van der Waals surface area contributed by atoms with E-state index in [9.17, 15) is 4.79 Å². The number of fused-ring (bicyclic) bond motifs is 1. The second kappa shape index (κ2) is 7.55. The minimum Gasteiger partial charge on any atom is -0.363 e. The summed E-state index contributed by atoms with van der Waals surface area (Å²) in [4.78, 5) is 28.4. The van der Waals surface area contributed by atoms with E-state index in [0.29, 0.717) is 17.6 Å². The fourth-order valence-corrected chi connectivity index (χ4v) is 4.25. The Kier molecular flexibility index (Phi) is 4.72. The molecule has 0 atom stereocenters. The van der Waals surface area contributed by atoms with Gasteiger partial charge in [0, 0.05) is 50.9 Å². The smallest absolute Gasteiger partial charge is 0.253 e. The van der Waals surface area contributed by atoms with Gasteiger partial charge in [0.2, 0.25) is 0 Å². The van der Waals surface area contributed by atoms with Gasteiger partial charge in [0.1, 0.15) is 29.0 Å². The zero-order valence-electron chi connectivity index (χ0n) is 17.3. The number of nitrogens with zero attached hydrogens (tertiary/aromatic N) is 7. The quantitative estimate of drug-likeness (QED) is 0.693. The van der Waals surface area contributed by atoms with Crippen LogP contribution in [0.1, 0.15) is 36.0 Å². The molecule has 1 saturated heterocycles.